The number of anilines is 2. The molecule has 1 N–H and O–H groups in total. The van der Waals surface area contributed by atoms with Crippen LogP contribution in [0.5, 0.6) is 0 Å². The fraction of sp³-hybridized carbons (Fsp3) is 0.235. The quantitative estimate of drug-likeness (QED) is 0.856. The molecule has 2 aromatic carbocycles. The summed E-state index contributed by atoms with van der Waals surface area (Å²) >= 11 is 6.03. The third kappa shape index (κ3) is 2.50. The van der Waals surface area contributed by atoms with Crippen molar-refractivity contribution in [3.8, 4) is 6.07 Å². The number of halogens is 1. The molecule has 0 radical (unpaired) electrons. The minimum absolute atomic E-state index is 0.614. The Labute approximate surface area is 124 Å². The zero-order chi connectivity index (χ0) is 13.9. The van der Waals surface area contributed by atoms with Crippen LogP contribution in [0.4, 0.5) is 11.4 Å². The van der Waals surface area contributed by atoms with Crippen LogP contribution in [-0.4, -0.2) is 0 Å². The van der Waals surface area contributed by atoms with Gasteiger partial charge in [0.15, 0.2) is 0 Å². The van der Waals surface area contributed by atoms with Crippen LogP contribution in [0.2, 0.25) is 5.02 Å². The first-order valence-corrected chi connectivity index (χ1v) is 7.23. The summed E-state index contributed by atoms with van der Waals surface area (Å²) in [5, 5.41) is 13.2. The van der Waals surface area contributed by atoms with E-state index < -0.39 is 0 Å². The van der Waals surface area contributed by atoms with Crippen LogP contribution < -0.4 is 5.32 Å². The monoisotopic (exact) mass is 282 g/mol. The summed E-state index contributed by atoms with van der Waals surface area (Å²) in [5.41, 5.74) is 5.28. The van der Waals surface area contributed by atoms with Gasteiger partial charge in [-0.1, -0.05) is 23.7 Å². The number of fused-ring (bicyclic) bond motifs is 1. The minimum atomic E-state index is 0.614. The molecule has 0 spiro atoms. The fourth-order valence-corrected chi connectivity index (χ4v) is 2.93. The molecule has 0 saturated heterocycles. The van der Waals surface area contributed by atoms with Crippen LogP contribution >= 0.6 is 11.6 Å². The first kappa shape index (κ1) is 13.0. The fourth-order valence-electron chi connectivity index (χ4n) is 2.76. The maximum atomic E-state index is 9.19. The smallest absolute Gasteiger partial charge is 0.101 e. The summed E-state index contributed by atoms with van der Waals surface area (Å²) in [6.45, 7) is 0. The second kappa shape index (κ2) is 5.56. The van der Waals surface area contributed by atoms with Crippen LogP contribution in [0.1, 0.15) is 29.5 Å². The Morgan fingerprint density at radius 2 is 1.90 bits per heavy atom. The molecule has 0 aliphatic heterocycles. The Balaban J connectivity index is 2.00. The van der Waals surface area contributed by atoms with E-state index in [1.807, 2.05) is 6.07 Å². The Kier molecular flexibility index (Phi) is 3.62. The van der Waals surface area contributed by atoms with Crippen LogP contribution in [0, 0.1) is 11.3 Å². The van der Waals surface area contributed by atoms with Gasteiger partial charge >= 0.3 is 0 Å². The van der Waals surface area contributed by atoms with Crippen molar-refractivity contribution < 1.29 is 0 Å². The van der Waals surface area contributed by atoms with Gasteiger partial charge in [0.25, 0.3) is 0 Å². The highest BCUT2D eigenvalue weighted by Crippen LogP contribution is 2.31. The first-order valence-electron chi connectivity index (χ1n) is 6.85. The van der Waals surface area contributed by atoms with Gasteiger partial charge in [-0.15, -0.1) is 0 Å². The summed E-state index contributed by atoms with van der Waals surface area (Å²) in [6.07, 6.45) is 4.73. The lowest BCUT2D eigenvalue weighted by molar-refractivity contribution is 0.687. The van der Waals surface area contributed by atoms with Gasteiger partial charge in [0.05, 0.1) is 11.3 Å². The molecule has 2 nitrogen and oxygen atoms in total. The summed E-state index contributed by atoms with van der Waals surface area (Å²) in [7, 11) is 0. The zero-order valence-corrected chi connectivity index (χ0v) is 11.9. The van der Waals surface area contributed by atoms with E-state index in [2.05, 4.69) is 29.6 Å². The molecule has 0 unspecified atom stereocenters. The maximum absolute atomic E-state index is 9.19. The standard InChI is InChI=1S/C17H15ClN2/c18-14-9-8-13(11-19)17(10-14)20-16-7-3-5-12-4-1-2-6-15(12)16/h3,5,7-10,20H,1-2,4,6H2. The molecule has 1 aliphatic rings. The van der Waals surface area contributed by atoms with E-state index in [1.165, 1.54) is 24.0 Å². The second-order valence-corrected chi connectivity index (χ2v) is 5.51. The Morgan fingerprint density at radius 3 is 2.75 bits per heavy atom. The number of nitrogens with zero attached hydrogens (tertiary/aromatic N) is 1. The van der Waals surface area contributed by atoms with E-state index in [0.717, 1.165) is 24.2 Å². The molecule has 0 heterocycles. The van der Waals surface area contributed by atoms with E-state index in [9.17, 15) is 5.26 Å². The Bertz CT molecular complexity index is 686. The van der Waals surface area contributed by atoms with Crippen LogP contribution in [0.3, 0.4) is 0 Å². The predicted molar refractivity (Wildman–Crippen MR) is 82.5 cm³/mol. The maximum Gasteiger partial charge on any atom is 0.101 e. The van der Waals surface area contributed by atoms with Crippen LogP contribution in [-0.2, 0) is 12.8 Å². The molecule has 3 heteroatoms. The average molecular weight is 283 g/mol. The van der Waals surface area contributed by atoms with Gasteiger partial charge in [0, 0.05) is 10.7 Å². The molecule has 0 fully saturated rings. The van der Waals surface area contributed by atoms with E-state index in [-0.39, 0.29) is 0 Å². The molecule has 1 aliphatic carbocycles. The first-order chi connectivity index (χ1) is 9.78. The number of hydrogen-bond acceptors (Lipinski definition) is 2. The van der Waals surface area contributed by atoms with E-state index in [1.54, 1.807) is 12.1 Å². The zero-order valence-electron chi connectivity index (χ0n) is 11.1. The molecule has 0 atom stereocenters. The lowest BCUT2D eigenvalue weighted by Gasteiger charge is -2.20. The summed E-state index contributed by atoms with van der Waals surface area (Å²) in [4.78, 5) is 0. The molecule has 0 amide bonds. The molecule has 0 aromatic heterocycles. The van der Waals surface area contributed by atoms with Crippen molar-refractivity contribution in [1.82, 2.24) is 0 Å². The van der Waals surface area contributed by atoms with E-state index in [0.29, 0.717) is 10.6 Å². The van der Waals surface area contributed by atoms with Crippen molar-refractivity contribution in [3.05, 3.63) is 58.1 Å². The number of rotatable bonds is 2. The number of nitriles is 1. The van der Waals surface area contributed by atoms with Crippen molar-refractivity contribution >= 4 is 23.0 Å². The highest BCUT2D eigenvalue weighted by Gasteiger charge is 2.13. The number of aryl methyl sites for hydroxylation is 1. The third-order valence-electron chi connectivity index (χ3n) is 3.77. The third-order valence-corrected chi connectivity index (χ3v) is 4.00. The lowest BCUT2D eigenvalue weighted by Crippen LogP contribution is -2.06. The van der Waals surface area contributed by atoms with Gasteiger partial charge in [-0.2, -0.15) is 5.26 Å². The molecule has 2 aromatic rings. The van der Waals surface area contributed by atoms with Gasteiger partial charge in [0.1, 0.15) is 6.07 Å². The number of nitrogens with one attached hydrogen (secondary N) is 1. The second-order valence-electron chi connectivity index (χ2n) is 5.08. The molecule has 100 valence electrons. The summed E-state index contributed by atoms with van der Waals surface area (Å²) in [5.74, 6) is 0. The number of hydrogen-bond donors (Lipinski definition) is 1. The van der Waals surface area contributed by atoms with Gasteiger partial charge in [0.2, 0.25) is 0 Å². The summed E-state index contributed by atoms with van der Waals surface area (Å²) < 4.78 is 0. The Morgan fingerprint density at radius 1 is 1.05 bits per heavy atom. The van der Waals surface area contributed by atoms with Crippen LogP contribution in [0.15, 0.2) is 36.4 Å². The molecular weight excluding hydrogens is 268 g/mol. The summed E-state index contributed by atoms with van der Waals surface area (Å²) in [6, 6.07) is 13.8. The topological polar surface area (TPSA) is 35.8 Å². The van der Waals surface area contributed by atoms with Gasteiger partial charge in [-0.05, 0) is 61.1 Å². The van der Waals surface area contributed by atoms with Gasteiger partial charge in [-0.3, -0.25) is 0 Å². The van der Waals surface area contributed by atoms with Gasteiger partial charge in [-0.25, -0.2) is 0 Å². The molecule has 20 heavy (non-hydrogen) atoms. The molecule has 0 saturated carbocycles. The highest BCUT2D eigenvalue weighted by atomic mass is 35.5. The Hall–Kier alpha value is -1.98. The van der Waals surface area contributed by atoms with Gasteiger partial charge < -0.3 is 5.32 Å². The largest absolute Gasteiger partial charge is 0.354 e. The van der Waals surface area contributed by atoms with Crippen molar-refractivity contribution in [2.24, 2.45) is 0 Å². The lowest BCUT2D eigenvalue weighted by atomic mass is 9.90. The van der Waals surface area contributed by atoms with Crippen molar-refractivity contribution in [1.29, 1.82) is 5.26 Å². The van der Waals surface area contributed by atoms with E-state index in [4.69, 9.17) is 11.6 Å². The molecular formula is C17H15ClN2. The predicted octanol–water partition coefficient (Wildman–Crippen LogP) is 4.83. The average Bonchev–Trinajstić information content (AvgIpc) is 2.48. The van der Waals surface area contributed by atoms with Crippen molar-refractivity contribution in [2.75, 3.05) is 5.32 Å². The highest BCUT2D eigenvalue weighted by molar-refractivity contribution is 6.30. The van der Waals surface area contributed by atoms with Crippen LogP contribution in [0.25, 0.3) is 0 Å². The number of benzene rings is 2. The van der Waals surface area contributed by atoms with Crippen molar-refractivity contribution in [3.63, 3.8) is 0 Å². The molecule has 3 rings (SSSR count). The SMILES string of the molecule is N#Cc1ccc(Cl)cc1Nc1cccc2c1CCCC2. The van der Waals surface area contributed by atoms with E-state index >= 15 is 0 Å². The van der Waals surface area contributed by atoms with Crippen molar-refractivity contribution in [2.45, 2.75) is 25.7 Å². The molecule has 0 bridgehead atoms. The normalized spacial score (nSPS) is 13.4. The minimum Gasteiger partial charge on any atom is -0.354 e.